The standard InChI is InChI=1S/C8H11F3N4O2/c9-8(10,11)6-3-15(2-5(6)4-16)7(17)1-13-14-12/h5-6,16H,1-4H2/t5-,6-/m1/s1. The zero-order valence-electron chi connectivity index (χ0n) is 8.76. The number of hydrogen-bond acceptors (Lipinski definition) is 3. The van der Waals surface area contributed by atoms with Gasteiger partial charge in [0.05, 0.1) is 5.92 Å². The zero-order chi connectivity index (χ0) is 13.1. The SMILES string of the molecule is [N-]=[N+]=NCC(=O)N1C[C@H](CO)[C@H](C(F)(F)F)C1. The minimum absolute atomic E-state index is 0.166. The topological polar surface area (TPSA) is 89.3 Å². The molecule has 2 atom stereocenters. The first kappa shape index (κ1) is 13.6. The predicted octanol–water partition coefficient (Wildman–Crippen LogP) is 0.926. The molecular weight excluding hydrogens is 241 g/mol. The van der Waals surface area contributed by atoms with Crippen molar-refractivity contribution in [1.82, 2.24) is 4.90 Å². The molecule has 0 aliphatic carbocycles. The van der Waals surface area contributed by atoms with Crippen LogP contribution in [-0.2, 0) is 4.79 Å². The lowest BCUT2D eigenvalue weighted by Crippen LogP contribution is -2.33. The molecule has 1 fully saturated rings. The van der Waals surface area contributed by atoms with Gasteiger partial charge >= 0.3 is 6.18 Å². The van der Waals surface area contributed by atoms with Crippen molar-refractivity contribution in [3.8, 4) is 0 Å². The molecule has 0 spiro atoms. The lowest BCUT2D eigenvalue weighted by atomic mass is 9.97. The molecule has 1 heterocycles. The van der Waals surface area contributed by atoms with Crippen molar-refractivity contribution in [3.63, 3.8) is 0 Å². The third-order valence-corrected chi connectivity index (χ3v) is 2.72. The van der Waals surface area contributed by atoms with E-state index >= 15 is 0 Å². The Bertz CT molecular complexity index is 340. The summed E-state index contributed by atoms with van der Waals surface area (Å²) in [6.45, 7) is -1.79. The molecule has 0 bridgehead atoms. The van der Waals surface area contributed by atoms with Crippen molar-refractivity contribution in [1.29, 1.82) is 0 Å². The number of alkyl halides is 3. The lowest BCUT2D eigenvalue weighted by molar-refractivity contribution is -0.183. The molecule has 0 radical (unpaired) electrons. The molecule has 0 aromatic rings. The van der Waals surface area contributed by atoms with E-state index in [1.165, 1.54) is 0 Å². The molecule has 1 aliphatic rings. The molecule has 96 valence electrons. The summed E-state index contributed by atoms with van der Waals surface area (Å²) in [5.74, 6) is -3.39. The number of likely N-dealkylation sites (tertiary alicyclic amines) is 1. The molecule has 1 aliphatic heterocycles. The van der Waals surface area contributed by atoms with Gasteiger partial charge in [0.1, 0.15) is 6.54 Å². The number of carbonyl (C=O) groups excluding carboxylic acids is 1. The zero-order valence-corrected chi connectivity index (χ0v) is 8.76. The van der Waals surface area contributed by atoms with Crippen LogP contribution in [0.25, 0.3) is 10.4 Å². The van der Waals surface area contributed by atoms with E-state index in [0.29, 0.717) is 0 Å². The van der Waals surface area contributed by atoms with Crippen molar-refractivity contribution >= 4 is 5.91 Å². The molecule has 0 unspecified atom stereocenters. The fourth-order valence-corrected chi connectivity index (χ4v) is 1.82. The lowest BCUT2D eigenvalue weighted by Gasteiger charge is -2.18. The van der Waals surface area contributed by atoms with Gasteiger partial charge in [0.25, 0.3) is 0 Å². The number of azide groups is 1. The van der Waals surface area contributed by atoms with Gasteiger partial charge in [0.15, 0.2) is 0 Å². The molecule has 0 saturated carbocycles. The van der Waals surface area contributed by atoms with E-state index in [1.54, 1.807) is 0 Å². The van der Waals surface area contributed by atoms with Crippen molar-refractivity contribution in [2.45, 2.75) is 6.18 Å². The third kappa shape index (κ3) is 3.24. The summed E-state index contributed by atoms with van der Waals surface area (Å²) in [6.07, 6.45) is -4.44. The van der Waals surface area contributed by atoms with E-state index in [0.717, 1.165) is 4.90 Å². The van der Waals surface area contributed by atoms with Gasteiger partial charge in [0.2, 0.25) is 5.91 Å². The van der Waals surface area contributed by atoms with Gasteiger partial charge < -0.3 is 10.0 Å². The molecule has 1 rings (SSSR count). The first-order chi connectivity index (χ1) is 7.90. The number of carbonyl (C=O) groups is 1. The summed E-state index contributed by atoms with van der Waals surface area (Å²) in [5, 5.41) is 11.9. The van der Waals surface area contributed by atoms with Gasteiger partial charge in [-0.1, -0.05) is 5.11 Å². The number of aliphatic hydroxyl groups excluding tert-OH is 1. The van der Waals surface area contributed by atoms with Crippen LogP contribution in [0, 0.1) is 11.8 Å². The van der Waals surface area contributed by atoms with Gasteiger partial charge in [-0.2, -0.15) is 13.2 Å². The van der Waals surface area contributed by atoms with E-state index in [9.17, 15) is 18.0 Å². The maximum atomic E-state index is 12.6. The highest BCUT2D eigenvalue weighted by atomic mass is 19.4. The van der Waals surface area contributed by atoms with E-state index < -0.39 is 43.6 Å². The second-order valence-corrected chi connectivity index (χ2v) is 3.78. The van der Waals surface area contributed by atoms with Gasteiger partial charge in [-0.3, -0.25) is 4.79 Å². The Kier molecular flexibility index (Phi) is 4.19. The van der Waals surface area contributed by atoms with Crippen LogP contribution >= 0.6 is 0 Å². The van der Waals surface area contributed by atoms with Crippen molar-refractivity contribution in [3.05, 3.63) is 10.4 Å². The number of nitrogens with zero attached hydrogens (tertiary/aromatic N) is 4. The first-order valence-corrected chi connectivity index (χ1v) is 4.86. The average Bonchev–Trinajstić information content (AvgIpc) is 2.69. The maximum Gasteiger partial charge on any atom is 0.393 e. The van der Waals surface area contributed by atoms with Gasteiger partial charge in [-0.15, -0.1) is 0 Å². The summed E-state index contributed by atoms with van der Waals surface area (Å²) in [4.78, 5) is 14.7. The smallest absolute Gasteiger partial charge is 0.393 e. The van der Waals surface area contributed by atoms with Crippen molar-refractivity contribution in [2.75, 3.05) is 26.2 Å². The van der Waals surface area contributed by atoms with Crippen LogP contribution in [0.15, 0.2) is 5.11 Å². The molecular formula is C8H11F3N4O2. The number of amides is 1. The van der Waals surface area contributed by atoms with E-state index in [1.807, 2.05) is 0 Å². The average molecular weight is 252 g/mol. The maximum absolute atomic E-state index is 12.6. The number of hydrogen-bond donors (Lipinski definition) is 1. The number of halogens is 3. The molecule has 0 aromatic heterocycles. The van der Waals surface area contributed by atoms with E-state index in [2.05, 4.69) is 10.0 Å². The van der Waals surface area contributed by atoms with E-state index in [4.69, 9.17) is 10.6 Å². The fourth-order valence-electron chi connectivity index (χ4n) is 1.82. The van der Waals surface area contributed by atoms with Gasteiger partial charge in [-0.25, -0.2) is 0 Å². The van der Waals surface area contributed by atoms with Crippen LogP contribution in [0.4, 0.5) is 13.2 Å². The van der Waals surface area contributed by atoms with Gasteiger partial charge in [0, 0.05) is 30.5 Å². The number of rotatable bonds is 3. The second kappa shape index (κ2) is 5.24. The van der Waals surface area contributed by atoms with Gasteiger partial charge in [-0.05, 0) is 5.53 Å². The van der Waals surface area contributed by atoms with Crippen LogP contribution in [0.1, 0.15) is 0 Å². The Labute approximate surface area is 94.6 Å². The number of aliphatic hydroxyl groups is 1. The van der Waals surface area contributed by atoms with Crippen LogP contribution in [0.5, 0.6) is 0 Å². The molecule has 1 N–H and O–H groups in total. The monoisotopic (exact) mass is 252 g/mol. The Morgan fingerprint density at radius 1 is 1.53 bits per heavy atom. The van der Waals surface area contributed by atoms with Crippen LogP contribution in [0.2, 0.25) is 0 Å². The summed E-state index contributed by atoms with van der Waals surface area (Å²) in [7, 11) is 0. The molecule has 0 aromatic carbocycles. The quantitative estimate of drug-likeness (QED) is 0.460. The predicted molar refractivity (Wildman–Crippen MR) is 50.7 cm³/mol. The highest BCUT2D eigenvalue weighted by molar-refractivity contribution is 5.78. The summed E-state index contributed by atoms with van der Waals surface area (Å²) in [5.41, 5.74) is 8.00. The Hall–Kier alpha value is -1.47. The Morgan fingerprint density at radius 3 is 2.59 bits per heavy atom. The van der Waals surface area contributed by atoms with Crippen molar-refractivity contribution < 1.29 is 23.1 Å². The largest absolute Gasteiger partial charge is 0.396 e. The van der Waals surface area contributed by atoms with Crippen LogP contribution in [0.3, 0.4) is 0 Å². The minimum Gasteiger partial charge on any atom is -0.396 e. The highest BCUT2D eigenvalue weighted by Gasteiger charge is 2.50. The third-order valence-electron chi connectivity index (χ3n) is 2.72. The molecule has 1 saturated heterocycles. The second-order valence-electron chi connectivity index (χ2n) is 3.78. The molecule has 9 heteroatoms. The summed E-state index contributed by atoms with van der Waals surface area (Å²) < 4.78 is 37.7. The van der Waals surface area contributed by atoms with E-state index in [-0.39, 0.29) is 6.54 Å². The molecule has 6 nitrogen and oxygen atoms in total. The van der Waals surface area contributed by atoms with Crippen molar-refractivity contribution in [2.24, 2.45) is 17.0 Å². The highest BCUT2D eigenvalue weighted by Crippen LogP contribution is 2.37. The minimum atomic E-state index is -4.44. The Morgan fingerprint density at radius 2 is 2.18 bits per heavy atom. The molecule has 1 amide bonds. The van der Waals surface area contributed by atoms with Crippen LogP contribution < -0.4 is 0 Å². The first-order valence-electron chi connectivity index (χ1n) is 4.86. The Balaban J connectivity index is 2.69. The summed E-state index contributed by atoms with van der Waals surface area (Å²) in [6, 6.07) is 0. The molecule has 17 heavy (non-hydrogen) atoms. The summed E-state index contributed by atoms with van der Waals surface area (Å²) >= 11 is 0. The fraction of sp³-hybridized carbons (Fsp3) is 0.875. The normalized spacial score (nSPS) is 24.6. The van der Waals surface area contributed by atoms with Crippen LogP contribution in [-0.4, -0.2) is 48.3 Å².